The maximum atomic E-state index is 6.02. The van der Waals surface area contributed by atoms with Crippen LogP contribution in [0, 0.1) is 0 Å². The molecule has 0 N–H and O–H groups in total. The van der Waals surface area contributed by atoms with Crippen molar-refractivity contribution in [3.63, 3.8) is 0 Å². The molecule has 21 heavy (non-hydrogen) atoms. The van der Waals surface area contributed by atoms with Crippen molar-refractivity contribution in [1.82, 2.24) is 34.6 Å². The van der Waals surface area contributed by atoms with Gasteiger partial charge in [-0.3, -0.25) is 4.90 Å². The van der Waals surface area contributed by atoms with Crippen LogP contribution in [0.25, 0.3) is 5.95 Å². The zero-order chi connectivity index (χ0) is 14.8. The van der Waals surface area contributed by atoms with Gasteiger partial charge in [-0.25, -0.2) is 4.98 Å². The molecule has 112 valence electrons. The first kappa shape index (κ1) is 14.2. The molecule has 3 heterocycles. The lowest BCUT2D eigenvalue weighted by atomic mass is 10.1. The molecule has 1 aliphatic heterocycles. The van der Waals surface area contributed by atoms with Crippen LogP contribution >= 0.6 is 11.6 Å². The van der Waals surface area contributed by atoms with Gasteiger partial charge in [0, 0.05) is 25.7 Å². The summed E-state index contributed by atoms with van der Waals surface area (Å²) in [6.07, 6.45) is 4.05. The number of anilines is 1. The SMILES string of the molecule is CCC1CN(c2nc(Cl)nc(-n3cncn3)n2)CCN1C. The molecular formula is C12H17ClN8. The molecule has 1 atom stereocenters. The van der Waals surface area contributed by atoms with Gasteiger partial charge in [0.15, 0.2) is 0 Å². The van der Waals surface area contributed by atoms with E-state index in [1.165, 1.54) is 17.3 Å². The lowest BCUT2D eigenvalue weighted by molar-refractivity contribution is 0.212. The average molecular weight is 309 g/mol. The fraction of sp³-hybridized carbons (Fsp3) is 0.583. The van der Waals surface area contributed by atoms with Crippen molar-refractivity contribution in [2.24, 2.45) is 0 Å². The van der Waals surface area contributed by atoms with Gasteiger partial charge in [-0.15, -0.1) is 0 Å². The third kappa shape index (κ3) is 2.96. The predicted molar refractivity (Wildman–Crippen MR) is 78.7 cm³/mol. The molecule has 1 unspecified atom stereocenters. The Labute approximate surface area is 127 Å². The first-order chi connectivity index (χ1) is 10.2. The van der Waals surface area contributed by atoms with Crippen LogP contribution in [-0.2, 0) is 0 Å². The molecule has 1 fully saturated rings. The number of halogens is 1. The first-order valence-electron chi connectivity index (χ1n) is 6.89. The fourth-order valence-electron chi connectivity index (χ4n) is 2.45. The van der Waals surface area contributed by atoms with E-state index in [1.807, 2.05) is 0 Å². The van der Waals surface area contributed by atoms with E-state index < -0.39 is 0 Å². The molecule has 9 heteroatoms. The summed E-state index contributed by atoms with van der Waals surface area (Å²) >= 11 is 6.02. The van der Waals surface area contributed by atoms with Crippen LogP contribution in [0.3, 0.4) is 0 Å². The van der Waals surface area contributed by atoms with Gasteiger partial charge in [-0.05, 0) is 25.1 Å². The number of piperazine rings is 1. The number of hydrogen-bond acceptors (Lipinski definition) is 7. The summed E-state index contributed by atoms with van der Waals surface area (Å²) in [4.78, 5) is 21.2. The van der Waals surface area contributed by atoms with E-state index in [0.717, 1.165) is 26.1 Å². The summed E-state index contributed by atoms with van der Waals surface area (Å²) < 4.78 is 1.48. The van der Waals surface area contributed by atoms with Crippen molar-refractivity contribution in [2.45, 2.75) is 19.4 Å². The highest BCUT2D eigenvalue weighted by Gasteiger charge is 2.25. The second-order valence-corrected chi connectivity index (χ2v) is 5.37. The van der Waals surface area contributed by atoms with Gasteiger partial charge in [-0.1, -0.05) is 6.92 Å². The average Bonchev–Trinajstić information content (AvgIpc) is 3.01. The molecule has 2 aromatic rings. The van der Waals surface area contributed by atoms with Crippen LogP contribution in [0.5, 0.6) is 0 Å². The summed E-state index contributed by atoms with van der Waals surface area (Å²) in [5.41, 5.74) is 0. The Kier molecular flexibility index (Phi) is 3.98. The van der Waals surface area contributed by atoms with E-state index in [0.29, 0.717) is 17.9 Å². The smallest absolute Gasteiger partial charge is 0.258 e. The van der Waals surface area contributed by atoms with Gasteiger partial charge in [0.05, 0.1) is 0 Å². The molecular weight excluding hydrogens is 292 g/mol. The molecule has 0 amide bonds. The van der Waals surface area contributed by atoms with E-state index in [2.05, 4.69) is 48.8 Å². The van der Waals surface area contributed by atoms with Crippen LogP contribution < -0.4 is 4.90 Å². The lowest BCUT2D eigenvalue weighted by Crippen LogP contribution is -2.51. The summed E-state index contributed by atoms with van der Waals surface area (Å²) in [6, 6.07) is 0.490. The van der Waals surface area contributed by atoms with E-state index in [4.69, 9.17) is 11.6 Å². The molecule has 0 radical (unpaired) electrons. The van der Waals surface area contributed by atoms with Crippen LogP contribution in [0.15, 0.2) is 12.7 Å². The maximum Gasteiger partial charge on any atom is 0.258 e. The standard InChI is InChI=1S/C12H17ClN8/c1-3-9-6-20(5-4-19(9)2)11-16-10(13)17-12(18-11)21-8-14-7-15-21/h7-9H,3-6H2,1-2H3. The summed E-state index contributed by atoms with van der Waals surface area (Å²) in [5.74, 6) is 0.974. The van der Waals surface area contributed by atoms with E-state index in [1.54, 1.807) is 0 Å². The minimum Gasteiger partial charge on any atom is -0.338 e. The monoisotopic (exact) mass is 308 g/mol. The number of rotatable bonds is 3. The highest BCUT2D eigenvalue weighted by atomic mass is 35.5. The maximum absolute atomic E-state index is 6.02. The molecule has 0 spiro atoms. The van der Waals surface area contributed by atoms with Crippen LogP contribution in [0.1, 0.15) is 13.3 Å². The predicted octanol–water partition coefficient (Wildman–Crippen LogP) is 0.636. The van der Waals surface area contributed by atoms with Crippen LogP contribution in [0.2, 0.25) is 5.28 Å². The molecule has 0 saturated carbocycles. The summed E-state index contributed by atoms with van der Waals surface area (Å²) in [5, 5.41) is 4.19. The van der Waals surface area contributed by atoms with Gasteiger partial charge < -0.3 is 4.90 Å². The normalized spacial score (nSPS) is 20.0. The molecule has 3 rings (SSSR count). The Bertz CT molecular complexity index is 601. The quantitative estimate of drug-likeness (QED) is 0.823. The van der Waals surface area contributed by atoms with Gasteiger partial charge >= 0.3 is 0 Å². The Morgan fingerprint density at radius 3 is 2.76 bits per heavy atom. The molecule has 1 saturated heterocycles. The molecule has 0 aromatic carbocycles. The van der Waals surface area contributed by atoms with Crippen LogP contribution in [-0.4, -0.2) is 67.3 Å². The highest BCUT2D eigenvalue weighted by Crippen LogP contribution is 2.18. The lowest BCUT2D eigenvalue weighted by Gasteiger charge is -2.39. The Morgan fingerprint density at radius 1 is 1.24 bits per heavy atom. The number of nitrogens with zero attached hydrogens (tertiary/aromatic N) is 8. The third-order valence-corrected chi connectivity index (χ3v) is 3.91. The number of aromatic nitrogens is 6. The van der Waals surface area contributed by atoms with Gasteiger partial charge in [0.2, 0.25) is 11.2 Å². The zero-order valence-corrected chi connectivity index (χ0v) is 12.8. The van der Waals surface area contributed by atoms with E-state index in [9.17, 15) is 0 Å². The number of likely N-dealkylation sites (N-methyl/N-ethyl adjacent to an activating group) is 1. The van der Waals surface area contributed by atoms with Crippen LogP contribution in [0.4, 0.5) is 5.95 Å². The Hall–Kier alpha value is -1.80. The minimum absolute atomic E-state index is 0.164. The highest BCUT2D eigenvalue weighted by molar-refractivity contribution is 6.28. The van der Waals surface area contributed by atoms with Crippen molar-refractivity contribution in [3.8, 4) is 5.95 Å². The molecule has 0 aliphatic carbocycles. The molecule has 1 aliphatic rings. The zero-order valence-electron chi connectivity index (χ0n) is 12.0. The van der Waals surface area contributed by atoms with Gasteiger partial charge in [0.1, 0.15) is 12.7 Å². The fourth-order valence-corrected chi connectivity index (χ4v) is 2.60. The van der Waals surface area contributed by atoms with Crippen molar-refractivity contribution in [3.05, 3.63) is 17.9 Å². The Morgan fingerprint density at radius 2 is 2.05 bits per heavy atom. The molecule has 8 nitrogen and oxygen atoms in total. The van der Waals surface area contributed by atoms with Crippen molar-refractivity contribution in [2.75, 3.05) is 31.6 Å². The first-order valence-corrected chi connectivity index (χ1v) is 7.27. The van der Waals surface area contributed by atoms with Crippen molar-refractivity contribution >= 4 is 17.5 Å². The summed E-state index contributed by atoms with van der Waals surface area (Å²) in [6.45, 7) is 4.90. The number of hydrogen-bond donors (Lipinski definition) is 0. The second kappa shape index (κ2) is 5.90. The third-order valence-electron chi connectivity index (χ3n) is 3.74. The topological polar surface area (TPSA) is 75.9 Å². The van der Waals surface area contributed by atoms with E-state index >= 15 is 0 Å². The van der Waals surface area contributed by atoms with E-state index in [-0.39, 0.29) is 5.28 Å². The van der Waals surface area contributed by atoms with Crippen molar-refractivity contribution < 1.29 is 0 Å². The minimum atomic E-state index is 0.164. The molecule has 2 aromatic heterocycles. The van der Waals surface area contributed by atoms with Gasteiger partial charge in [0.25, 0.3) is 5.95 Å². The largest absolute Gasteiger partial charge is 0.338 e. The van der Waals surface area contributed by atoms with Crippen molar-refractivity contribution in [1.29, 1.82) is 0 Å². The Balaban J connectivity index is 1.88. The second-order valence-electron chi connectivity index (χ2n) is 5.03. The van der Waals surface area contributed by atoms with Gasteiger partial charge in [-0.2, -0.15) is 24.7 Å². The summed E-state index contributed by atoms with van der Waals surface area (Å²) in [7, 11) is 2.15. The molecule has 0 bridgehead atoms.